The standard InChI is InChI=1S/C16H25N3O/c1-4-7-19(8-5-2)9-6-13-11-17-16-15(13)10-14(20-3)12-18-16/h10-12H,4-9H2,1-3H3,(H,17,18). The summed E-state index contributed by atoms with van der Waals surface area (Å²) in [6.07, 6.45) is 7.30. The van der Waals surface area contributed by atoms with Crippen molar-refractivity contribution in [1.82, 2.24) is 14.9 Å². The fraction of sp³-hybridized carbons (Fsp3) is 0.562. The number of rotatable bonds is 8. The molecule has 2 heterocycles. The first kappa shape index (κ1) is 14.9. The van der Waals surface area contributed by atoms with Crippen LogP contribution >= 0.6 is 0 Å². The number of ether oxygens (including phenoxy) is 1. The van der Waals surface area contributed by atoms with Crippen molar-refractivity contribution in [2.45, 2.75) is 33.1 Å². The minimum absolute atomic E-state index is 0.817. The molecule has 4 heteroatoms. The Hall–Kier alpha value is -1.55. The van der Waals surface area contributed by atoms with Crippen molar-refractivity contribution in [3.05, 3.63) is 24.0 Å². The van der Waals surface area contributed by atoms with E-state index in [4.69, 9.17) is 4.74 Å². The smallest absolute Gasteiger partial charge is 0.137 e. The summed E-state index contributed by atoms with van der Waals surface area (Å²) in [5, 5.41) is 1.18. The zero-order valence-electron chi connectivity index (χ0n) is 12.8. The molecule has 2 aromatic rings. The number of hydrogen-bond donors (Lipinski definition) is 1. The molecule has 0 spiro atoms. The molecular formula is C16H25N3O. The highest BCUT2D eigenvalue weighted by atomic mass is 16.5. The van der Waals surface area contributed by atoms with Crippen LogP contribution in [0.3, 0.4) is 0 Å². The summed E-state index contributed by atoms with van der Waals surface area (Å²) in [6.45, 7) is 7.94. The second-order valence-electron chi connectivity index (χ2n) is 5.18. The van der Waals surface area contributed by atoms with Crippen LogP contribution in [0.2, 0.25) is 0 Å². The van der Waals surface area contributed by atoms with Gasteiger partial charge < -0.3 is 14.6 Å². The van der Waals surface area contributed by atoms with E-state index in [1.54, 1.807) is 13.3 Å². The van der Waals surface area contributed by atoms with Gasteiger partial charge in [0, 0.05) is 18.1 Å². The molecule has 0 fully saturated rings. The minimum atomic E-state index is 0.817. The van der Waals surface area contributed by atoms with E-state index in [1.807, 2.05) is 0 Å². The number of nitrogens with zero attached hydrogens (tertiary/aromatic N) is 2. The number of hydrogen-bond acceptors (Lipinski definition) is 3. The molecule has 2 aromatic heterocycles. The molecule has 0 aliphatic heterocycles. The number of aromatic amines is 1. The lowest BCUT2D eigenvalue weighted by Gasteiger charge is -2.20. The molecule has 0 atom stereocenters. The Morgan fingerprint density at radius 2 is 1.95 bits per heavy atom. The highest BCUT2D eigenvalue weighted by Gasteiger charge is 2.08. The number of nitrogens with one attached hydrogen (secondary N) is 1. The molecule has 0 aliphatic rings. The largest absolute Gasteiger partial charge is 0.495 e. The SMILES string of the molecule is CCCN(CCC)CCc1c[nH]c2ncc(OC)cc12. The maximum Gasteiger partial charge on any atom is 0.137 e. The molecule has 0 unspecified atom stereocenters. The summed E-state index contributed by atoms with van der Waals surface area (Å²) < 4.78 is 5.26. The second kappa shape index (κ2) is 7.29. The Balaban J connectivity index is 2.08. The first-order chi connectivity index (χ1) is 9.78. The van der Waals surface area contributed by atoms with Gasteiger partial charge in [-0.1, -0.05) is 13.8 Å². The maximum atomic E-state index is 5.26. The topological polar surface area (TPSA) is 41.2 Å². The van der Waals surface area contributed by atoms with Gasteiger partial charge in [-0.25, -0.2) is 4.98 Å². The average molecular weight is 275 g/mol. The normalized spacial score (nSPS) is 11.4. The van der Waals surface area contributed by atoms with Gasteiger partial charge in [-0.05, 0) is 44.0 Å². The minimum Gasteiger partial charge on any atom is -0.495 e. The molecule has 0 aliphatic carbocycles. The van der Waals surface area contributed by atoms with Crippen molar-refractivity contribution in [3.8, 4) is 5.75 Å². The number of H-pyrrole nitrogens is 1. The summed E-state index contributed by atoms with van der Waals surface area (Å²) in [5.74, 6) is 0.817. The monoisotopic (exact) mass is 275 g/mol. The highest BCUT2D eigenvalue weighted by molar-refractivity contribution is 5.80. The quantitative estimate of drug-likeness (QED) is 0.804. The van der Waals surface area contributed by atoms with Gasteiger partial charge in [0.1, 0.15) is 11.4 Å². The zero-order chi connectivity index (χ0) is 14.4. The Bertz CT molecular complexity index is 530. The zero-order valence-corrected chi connectivity index (χ0v) is 12.8. The Labute approximate surface area is 121 Å². The molecule has 0 saturated carbocycles. The van der Waals surface area contributed by atoms with E-state index in [9.17, 15) is 0 Å². The van der Waals surface area contributed by atoms with Gasteiger partial charge in [0.15, 0.2) is 0 Å². The van der Waals surface area contributed by atoms with Crippen molar-refractivity contribution < 1.29 is 4.74 Å². The average Bonchev–Trinajstić information content (AvgIpc) is 2.87. The molecule has 2 rings (SSSR count). The van der Waals surface area contributed by atoms with E-state index in [2.05, 4.69) is 41.0 Å². The van der Waals surface area contributed by atoms with Gasteiger partial charge in [-0.15, -0.1) is 0 Å². The molecule has 0 bridgehead atoms. The Kier molecular flexibility index (Phi) is 5.41. The fourth-order valence-corrected chi connectivity index (χ4v) is 2.60. The summed E-state index contributed by atoms with van der Waals surface area (Å²) >= 11 is 0. The number of fused-ring (bicyclic) bond motifs is 1. The molecule has 0 radical (unpaired) electrons. The van der Waals surface area contributed by atoms with Crippen molar-refractivity contribution in [3.63, 3.8) is 0 Å². The van der Waals surface area contributed by atoms with E-state index in [-0.39, 0.29) is 0 Å². The van der Waals surface area contributed by atoms with Crippen LogP contribution in [0.5, 0.6) is 5.75 Å². The third kappa shape index (κ3) is 3.51. The number of methoxy groups -OCH3 is 1. The van der Waals surface area contributed by atoms with Gasteiger partial charge >= 0.3 is 0 Å². The van der Waals surface area contributed by atoms with Crippen molar-refractivity contribution >= 4 is 11.0 Å². The van der Waals surface area contributed by atoms with Crippen LogP contribution in [0.15, 0.2) is 18.5 Å². The lowest BCUT2D eigenvalue weighted by atomic mass is 10.1. The van der Waals surface area contributed by atoms with Gasteiger partial charge in [-0.2, -0.15) is 0 Å². The van der Waals surface area contributed by atoms with Crippen LogP contribution in [-0.2, 0) is 6.42 Å². The highest BCUT2D eigenvalue weighted by Crippen LogP contribution is 2.21. The molecule has 110 valence electrons. The van der Waals surface area contributed by atoms with Crippen LogP contribution in [0, 0.1) is 0 Å². The fourth-order valence-electron chi connectivity index (χ4n) is 2.60. The summed E-state index contributed by atoms with van der Waals surface area (Å²) in [5.41, 5.74) is 2.27. The van der Waals surface area contributed by atoms with Crippen LogP contribution in [0.4, 0.5) is 0 Å². The van der Waals surface area contributed by atoms with E-state index in [0.29, 0.717) is 0 Å². The molecule has 4 nitrogen and oxygen atoms in total. The third-order valence-corrected chi connectivity index (χ3v) is 3.60. The molecule has 0 saturated heterocycles. The van der Waals surface area contributed by atoms with Gasteiger partial charge in [-0.3, -0.25) is 0 Å². The number of aromatic nitrogens is 2. The molecule has 20 heavy (non-hydrogen) atoms. The Morgan fingerprint density at radius 3 is 2.60 bits per heavy atom. The van der Waals surface area contributed by atoms with E-state index < -0.39 is 0 Å². The van der Waals surface area contributed by atoms with Gasteiger partial charge in [0.05, 0.1) is 13.3 Å². The molecule has 1 N–H and O–H groups in total. The summed E-state index contributed by atoms with van der Waals surface area (Å²) in [6, 6.07) is 2.07. The maximum absolute atomic E-state index is 5.26. The van der Waals surface area contributed by atoms with Crippen LogP contribution < -0.4 is 4.74 Å². The summed E-state index contributed by atoms with van der Waals surface area (Å²) in [7, 11) is 1.68. The summed E-state index contributed by atoms with van der Waals surface area (Å²) in [4.78, 5) is 10.2. The van der Waals surface area contributed by atoms with Crippen LogP contribution in [-0.4, -0.2) is 41.6 Å². The van der Waals surface area contributed by atoms with Gasteiger partial charge in [0.25, 0.3) is 0 Å². The first-order valence-electron chi connectivity index (χ1n) is 7.50. The lowest BCUT2D eigenvalue weighted by molar-refractivity contribution is 0.278. The third-order valence-electron chi connectivity index (χ3n) is 3.60. The van der Waals surface area contributed by atoms with Gasteiger partial charge in [0.2, 0.25) is 0 Å². The Morgan fingerprint density at radius 1 is 1.20 bits per heavy atom. The van der Waals surface area contributed by atoms with Crippen molar-refractivity contribution in [2.24, 2.45) is 0 Å². The van der Waals surface area contributed by atoms with E-state index in [1.165, 1.54) is 36.9 Å². The molecule has 0 aromatic carbocycles. The molecular weight excluding hydrogens is 250 g/mol. The van der Waals surface area contributed by atoms with Crippen LogP contribution in [0.25, 0.3) is 11.0 Å². The predicted octanol–water partition coefficient (Wildman–Crippen LogP) is 3.24. The molecule has 0 amide bonds. The van der Waals surface area contributed by atoms with E-state index in [0.717, 1.165) is 24.4 Å². The first-order valence-corrected chi connectivity index (χ1v) is 7.50. The van der Waals surface area contributed by atoms with Crippen LogP contribution in [0.1, 0.15) is 32.3 Å². The predicted molar refractivity (Wildman–Crippen MR) is 83.4 cm³/mol. The van der Waals surface area contributed by atoms with Crippen molar-refractivity contribution in [1.29, 1.82) is 0 Å². The van der Waals surface area contributed by atoms with Crippen molar-refractivity contribution in [2.75, 3.05) is 26.7 Å². The lowest BCUT2D eigenvalue weighted by Crippen LogP contribution is -2.27. The van der Waals surface area contributed by atoms with E-state index >= 15 is 0 Å². The second-order valence-corrected chi connectivity index (χ2v) is 5.18. The number of pyridine rings is 1.